The largest absolute Gasteiger partial charge is 0.454 e. The summed E-state index contributed by atoms with van der Waals surface area (Å²) in [6.45, 7) is -1.39. The molecule has 1 aromatic carbocycles. The Labute approximate surface area is 177 Å². The molecule has 10 nitrogen and oxygen atoms in total. The van der Waals surface area contributed by atoms with Crippen molar-refractivity contribution in [2.75, 3.05) is 24.6 Å². The van der Waals surface area contributed by atoms with Gasteiger partial charge in [0.05, 0.1) is 0 Å². The van der Waals surface area contributed by atoms with Crippen LogP contribution in [0.1, 0.15) is 32.1 Å². The van der Waals surface area contributed by atoms with E-state index in [-0.39, 0.29) is 13.0 Å². The van der Waals surface area contributed by atoms with Crippen molar-refractivity contribution in [3.05, 3.63) is 30.1 Å². The predicted molar refractivity (Wildman–Crippen MR) is 105 cm³/mol. The Morgan fingerprint density at radius 1 is 1.16 bits per heavy atom. The molecule has 11 heteroatoms. The smallest absolute Gasteiger partial charge is 0.326 e. The number of imide groups is 1. The van der Waals surface area contributed by atoms with Gasteiger partial charge < -0.3 is 20.7 Å². The van der Waals surface area contributed by atoms with Gasteiger partial charge in [-0.1, -0.05) is 12.8 Å². The third kappa shape index (κ3) is 4.98. The van der Waals surface area contributed by atoms with Crippen molar-refractivity contribution in [2.24, 2.45) is 5.73 Å². The van der Waals surface area contributed by atoms with Crippen LogP contribution in [-0.2, 0) is 23.9 Å². The zero-order valence-corrected chi connectivity index (χ0v) is 16.8. The molecule has 1 saturated carbocycles. The molecule has 0 bridgehead atoms. The van der Waals surface area contributed by atoms with Crippen molar-refractivity contribution in [1.29, 1.82) is 0 Å². The number of primary amides is 1. The van der Waals surface area contributed by atoms with Gasteiger partial charge in [-0.3, -0.25) is 24.1 Å². The van der Waals surface area contributed by atoms with Crippen LogP contribution in [0.25, 0.3) is 0 Å². The van der Waals surface area contributed by atoms with E-state index in [9.17, 15) is 28.4 Å². The number of amides is 5. The maximum atomic E-state index is 13.2. The lowest BCUT2D eigenvalue weighted by Gasteiger charge is -2.22. The lowest BCUT2D eigenvalue weighted by molar-refractivity contribution is -0.150. The number of carbonyl (C=O) groups excluding carboxylic acids is 5. The van der Waals surface area contributed by atoms with Gasteiger partial charge in [-0.05, 0) is 37.1 Å². The number of esters is 1. The molecule has 1 heterocycles. The topological polar surface area (TPSA) is 139 Å². The summed E-state index contributed by atoms with van der Waals surface area (Å²) in [5.74, 6) is -3.22. The van der Waals surface area contributed by atoms with E-state index >= 15 is 0 Å². The van der Waals surface area contributed by atoms with Crippen molar-refractivity contribution in [1.82, 2.24) is 10.2 Å². The Balaban J connectivity index is 1.59. The Hall–Kier alpha value is -3.50. The van der Waals surface area contributed by atoms with Crippen LogP contribution in [-0.4, -0.2) is 59.9 Å². The lowest BCUT2D eigenvalue weighted by Crippen LogP contribution is -2.44. The van der Waals surface area contributed by atoms with Crippen LogP contribution in [0.3, 0.4) is 0 Å². The first-order valence-electron chi connectivity index (χ1n) is 9.86. The third-order valence-electron chi connectivity index (χ3n) is 5.37. The van der Waals surface area contributed by atoms with Crippen LogP contribution in [0, 0.1) is 5.82 Å². The van der Waals surface area contributed by atoms with E-state index in [1.807, 2.05) is 0 Å². The summed E-state index contributed by atoms with van der Waals surface area (Å²) in [4.78, 5) is 62.5. The van der Waals surface area contributed by atoms with Crippen LogP contribution in [0.15, 0.2) is 24.3 Å². The fourth-order valence-corrected chi connectivity index (χ4v) is 3.77. The highest BCUT2D eigenvalue weighted by Gasteiger charge is 2.52. The number of halogens is 1. The molecule has 3 rings (SSSR count). The maximum Gasteiger partial charge on any atom is 0.326 e. The Morgan fingerprint density at radius 2 is 1.81 bits per heavy atom. The first kappa shape index (κ1) is 22.2. The average Bonchev–Trinajstić information content (AvgIpc) is 3.28. The molecule has 1 aliphatic heterocycles. The predicted octanol–water partition coefficient (Wildman–Crippen LogP) is 0.442. The molecule has 166 valence electrons. The maximum absolute atomic E-state index is 13.2. The summed E-state index contributed by atoms with van der Waals surface area (Å²) in [5.41, 5.74) is 4.48. The van der Waals surface area contributed by atoms with E-state index in [0.29, 0.717) is 18.5 Å². The molecule has 2 aliphatic rings. The van der Waals surface area contributed by atoms with Crippen LogP contribution in [0.2, 0.25) is 0 Å². The van der Waals surface area contributed by atoms with Crippen LogP contribution >= 0.6 is 0 Å². The van der Waals surface area contributed by atoms with Crippen molar-refractivity contribution in [2.45, 2.75) is 37.6 Å². The zero-order chi connectivity index (χ0) is 22.6. The summed E-state index contributed by atoms with van der Waals surface area (Å²) < 4.78 is 18.1. The normalized spacial score (nSPS) is 17.0. The number of nitrogens with one attached hydrogen (secondary N) is 1. The van der Waals surface area contributed by atoms with E-state index in [0.717, 1.165) is 34.8 Å². The minimum absolute atomic E-state index is 0.0904. The second-order valence-electron chi connectivity index (χ2n) is 7.51. The summed E-state index contributed by atoms with van der Waals surface area (Å²) >= 11 is 0. The van der Waals surface area contributed by atoms with Gasteiger partial charge >= 0.3 is 12.0 Å². The van der Waals surface area contributed by atoms with E-state index in [1.54, 1.807) is 0 Å². The Bertz CT molecular complexity index is 897. The van der Waals surface area contributed by atoms with Gasteiger partial charge in [-0.15, -0.1) is 0 Å². The Morgan fingerprint density at radius 3 is 2.42 bits per heavy atom. The second-order valence-corrected chi connectivity index (χ2v) is 7.51. The van der Waals surface area contributed by atoms with Crippen LogP contribution in [0.4, 0.5) is 14.9 Å². The number of hydrogen-bond donors (Lipinski definition) is 2. The molecule has 31 heavy (non-hydrogen) atoms. The van der Waals surface area contributed by atoms with Crippen molar-refractivity contribution < 1.29 is 33.1 Å². The van der Waals surface area contributed by atoms with Gasteiger partial charge in [-0.2, -0.15) is 0 Å². The molecule has 0 aromatic heterocycles. The first-order valence-corrected chi connectivity index (χ1v) is 9.86. The monoisotopic (exact) mass is 434 g/mol. The summed E-state index contributed by atoms with van der Waals surface area (Å²) in [5, 5.41) is 2.65. The number of nitrogens with zero attached hydrogens (tertiary/aromatic N) is 2. The Kier molecular flexibility index (Phi) is 6.52. The third-order valence-corrected chi connectivity index (χ3v) is 5.37. The average molecular weight is 434 g/mol. The standard InChI is InChI=1S/C20H23FN4O6/c21-13-3-5-14(6-4-13)24(10-7-15(22)26)16(27)12-31-17(28)11-25-18(29)20(23-19(25)30)8-1-2-9-20/h3-6H,1-2,7-12H2,(H2,22,26)(H,23,30). The molecule has 1 aromatic rings. The molecule has 5 amide bonds. The van der Waals surface area contributed by atoms with Gasteiger partial charge in [0.15, 0.2) is 6.61 Å². The summed E-state index contributed by atoms with van der Waals surface area (Å²) in [7, 11) is 0. The van der Waals surface area contributed by atoms with Crippen molar-refractivity contribution in [3.8, 4) is 0 Å². The highest BCUT2D eigenvalue weighted by Crippen LogP contribution is 2.34. The number of carbonyl (C=O) groups is 5. The number of urea groups is 1. The molecule has 2 fully saturated rings. The molecule has 0 unspecified atom stereocenters. The minimum atomic E-state index is -0.943. The number of nitrogens with two attached hydrogens (primary N) is 1. The fourth-order valence-electron chi connectivity index (χ4n) is 3.77. The fraction of sp³-hybridized carbons (Fsp3) is 0.450. The zero-order valence-electron chi connectivity index (χ0n) is 16.8. The number of rotatable bonds is 8. The SMILES string of the molecule is NC(=O)CCN(C(=O)COC(=O)CN1C(=O)NC2(CCCC2)C1=O)c1ccc(F)cc1. The quantitative estimate of drug-likeness (QED) is 0.450. The molecule has 1 saturated heterocycles. The molecular formula is C20H23FN4O6. The van der Waals surface area contributed by atoms with Gasteiger partial charge in [0.1, 0.15) is 17.9 Å². The molecule has 3 N–H and O–H groups in total. The van der Waals surface area contributed by atoms with E-state index in [2.05, 4.69) is 5.32 Å². The van der Waals surface area contributed by atoms with E-state index in [4.69, 9.17) is 10.5 Å². The van der Waals surface area contributed by atoms with Crippen LogP contribution < -0.4 is 16.0 Å². The molecule has 0 radical (unpaired) electrons. The summed E-state index contributed by atoms with van der Waals surface area (Å²) in [6.07, 6.45) is 2.51. The number of hydrogen-bond acceptors (Lipinski definition) is 6. The van der Waals surface area contributed by atoms with Crippen molar-refractivity contribution in [3.63, 3.8) is 0 Å². The molecule has 1 spiro atoms. The van der Waals surface area contributed by atoms with Gasteiger partial charge in [0.25, 0.3) is 11.8 Å². The summed E-state index contributed by atoms with van der Waals surface area (Å²) in [6, 6.07) is 4.30. The van der Waals surface area contributed by atoms with E-state index < -0.39 is 54.2 Å². The number of anilines is 1. The van der Waals surface area contributed by atoms with Crippen LogP contribution in [0.5, 0.6) is 0 Å². The lowest BCUT2D eigenvalue weighted by atomic mass is 9.98. The second kappa shape index (κ2) is 9.11. The van der Waals surface area contributed by atoms with Gasteiger partial charge in [-0.25, -0.2) is 9.18 Å². The molecule has 1 aliphatic carbocycles. The highest BCUT2D eigenvalue weighted by atomic mass is 19.1. The molecular weight excluding hydrogens is 411 g/mol. The van der Waals surface area contributed by atoms with Gasteiger partial charge in [0, 0.05) is 18.7 Å². The van der Waals surface area contributed by atoms with E-state index in [1.165, 1.54) is 12.1 Å². The number of ether oxygens (including phenoxy) is 1. The molecule has 0 atom stereocenters. The number of benzene rings is 1. The highest BCUT2D eigenvalue weighted by molar-refractivity contribution is 6.09. The van der Waals surface area contributed by atoms with Gasteiger partial charge in [0.2, 0.25) is 5.91 Å². The minimum Gasteiger partial charge on any atom is -0.454 e. The van der Waals surface area contributed by atoms with Crippen molar-refractivity contribution >= 4 is 35.4 Å². The first-order chi connectivity index (χ1) is 14.7.